The van der Waals surface area contributed by atoms with Crippen LogP contribution >= 0.6 is 24.0 Å². The summed E-state index contributed by atoms with van der Waals surface area (Å²) in [5, 5.41) is 6.58. The second-order valence-electron chi connectivity index (χ2n) is 7.06. The van der Waals surface area contributed by atoms with Crippen LogP contribution in [0.1, 0.15) is 24.8 Å². The predicted molar refractivity (Wildman–Crippen MR) is 128 cm³/mol. The molecular weight excluding hydrogens is 499 g/mol. The molecule has 2 aromatic rings. The van der Waals surface area contributed by atoms with Crippen molar-refractivity contribution in [1.29, 1.82) is 0 Å². The minimum Gasteiger partial charge on any atom is -0.356 e. The maximum absolute atomic E-state index is 12.2. The van der Waals surface area contributed by atoms with Crippen LogP contribution in [-0.4, -0.2) is 41.1 Å². The summed E-state index contributed by atoms with van der Waals surface area (Å²) in [5.74, 6) is 0.682. The van der Waals surface area contributed by atoms with Gasteiger partial charge in [-0.3, -0.25) is 4.99 Å². The van der Waals surface area contributed by atoms with Crippen LogP contribution in [0, 0.1) is 0 Å². The molecule has 0 heterocycles. The predicted octanol–water partition coefficient (Wildman–Crippen LogP) is 2.87. The molecule has 6 nitrogen and oxygen atoms in total. The van der Waals surface area contributed by atoms with Crippen molar-refractivity contribution in [3.8, 4) is 0 Å². The molecule has 1 saturated carbocycles. The van der Waals surface area contributed by atoms with Gasteiger partial charge in [0.15, 0.2) is 5.96 Å². The van der Waals surface area contributed by atoms with Gasteiger partial charge >= 0.3 is 0 Å². The van der Waals surface area contributed by atoms with E-state index in [-0.39, 0.29) is 40.8 Å². The fraction of sp³-hybridized carbons (Fsp3) is 0.381. The van der Waals surface area contributed by atoms with E-state index in [0.717, 1.165) is 19.4 Å². The van der Waals surface area contributed by atoms with E-state index < -0.39 is 10.0 Å². The van der Waals surface area contributed by atoms with Crippen molar-refractivity contribution in [3.63, 3.8) is 0 Å². The van der Waals surface area contributed by atoms with Crippen LogP contribution in [0.25, 0.3) is 0 Å². The average Bonchev–Trinajstić information content (AvgIpc) is 2.70. The Morgan fingerprint density at radius 3 is 2.14 bits per heavy atom. The zero-order chi connectivity index (χ0) is 19.9. The monoisotopic (exact) mass is 528 g/mol. The van der Waals surface area contributed by atoms with Crippen LogP contribution in [0.5, 0.6) is 0 Å². The van der Waals surface area contributed by atoms with E-state index in [2.05, 4.69) is 44.6 Å². The molecule has 0 spiro atoms. The maximum Gasteiger partial charge on any atom is 0.240 e. The van der Waals surface area contributed by atoms with Gasteiger partial charge in [-0.1, -0.05) is 55.0 Å². The van der Waals surface area contributed by atoms with E-state index in [1.54, 1.807) is 37.4 Å². The normalized spacial score (nSPS) is 15.7. The first kappa shape index (κ1) is 23.6. The van der Waals surface area contributed by atoms with E-state index in [9.17, 15) is 8.42 Å². The molecule has 3 N–H and O–H groups in total. The number of sulfonamides is 1. The van der Waals surface area contributed by atoms with Crippen molar-refractivity contribution in [3.05, 3.63) is 66.2 Å². The smallest absolute Gasteiger partial charge is 0.240 e. The number of nitrogens with zero attached hydrogens (tertiary/aromatic N) is 1. The number of nitrogens with one attached hydrogen (secondary N) is 3. The Morgan fingerprint density at radius 1 is 0.966 bits per heavy atom. The summed E-state index contributed by atoms with van der Waals surface area (Å²) in [5.41, 5.74) is 1.52. The number of benzene rings is 2. The molecule has 0 saturated heterocycles. The molecule has 0 amide bonds. The molecule has 3 rings (SSSR count). The Bertz CT molecular complexity index is 885. The van der Waals surface area contributed by atoms with Gasteiger partial charge in [-0.05, 0) is 30.5 Å². The lowest BCUT2D eigenvalue weighted by Gasteiger charge is -2.43. The van der Waals surface area contributed by atoms with Crippen molar-refractivity contribution >= 4 is 40.0 Å². The Balaban J connectivity index is 0.00000300. The molecule has 0 radical (unpaired) electrons. The molecular formula is C21H29IN4O2S. The van der Waals surface area contributed by atoms with E-state index in [1.165, 1.54) is 12.0 Å². The van der Waals surface area contributed by atoms with Gasteiger partial charge in [0.05, 0.1) is 4.90 Å². The van der Waals surface area contributed by atoms with E-state index >= 15 is 0 Å². The fourth-order valence-electron chi connectivity index (χ4n) is 3.49. The van der Waals surface area contributed by atoms with E-state index in [0.29, 0.717) is 12.5 Å². The highest BCUT2D eigenvalue weighted by atomic mass is 127. The first-order chi connectivity index (χ1) is 13.6. The molecule has 8 heteroatoms. The maximum atomic E-state index is 12.2. The molecule has 0 aliphatic heterocycles. The van der Waals surface area contributed by atoms with Crippen molar-refractivity contribution in [2.24, 2.45) is 4.99 Å². The molecule has 0 aromatic heterocycles. The molecule has 1 fully saturated rings. The summed E-state index contributed by atoms with van der Waals surface area (Å²) in [7, 11) is -1.76. The quantitative estimate of drug-likeness (QED) is 0.213. The average molecular weight is 528 g/mol. The molecule has 0 unspecified atom stereocenters. The number of hydrogen-bond donors (Lipinski definition) is 3. The Hall–Kier alpha value is -1.65. The van der Waals surface area contributed by atoms with Crippen LogP contribution in [-0.2, 0) is 15.4 Å². The minimum atomic E-state index is -3.48. The van der Waals surface area contributed by atoms with Crippen molar-refractivity contribution in [2.45, 2.75) is 29.6 Å². The minimum absolute atomic E-state index is 0. The molecule has 1 aliphatic rings. The topological polar surface area (TPSA) is 82.6 Å². The summed E-state index contributed by atoms with van der Waals surface area (Å²) in [6.07, 6.45) is 3.57. The van der Waals surface area contributed by atoms with Gasteiger partial charge in [0.25, 0.3) is 0 Å². The third kappa shape index (κ3) is 6.16. The van der Waals surface area contributed by atoms with Crippen LogP contribution < -0.4 is 15.4 Å². The number of hydrogen-bond acceptors (Lipinski definition) is 3. The highest BCUT2D eigenvalue weighted by Crippen LogP contribution is 2.43. The third-order valence-corrected chi connectivity index (χ3v) is 6.75. The van der Waals surface area contributed by atoms with E-state index in [1.807, 2.05) is 6.07 Å². The third-order valence-electron chi connectivity index (χ3n) is 5.28. The SMILES string of the molecule is CN=C(NCCNS(=O)(=O)c1ccccc1)NCC1(c2ccccc2)CCC1.I. The van der Waals surface area contributed by atoms with Crippen molar-refractivity contribution in [1.82, 2.24) is 15.4 Å². The first-order valence-electron chi connectivity index (χ1n) is 9.61. The summed E-state index contributed by atoms with van der Waals surface area (Å²) in [4.78, 5) is 4.52. The Morgan fingerprint density at radius 2 is 1.59 bits per heavy atom. The lowest BCUT2D eigenvalue weighted by molar-refractivity contribution is 0.244. The van der Waals surface area contributed by atoms with Crippen LogP contribution in [0.2, 0.25) is 0 Å². The standard InChI is InChI=1S/C21H28N4O2S.HI/c1-22-20(23-15-16-25-28(26,27)19-11-6-3-7-12-19)24-17-21(13-8-14-21)18-9-4-2-5-10-18;/h2-7,9-12,25H,8,13-17H2,1H3,(H2,22,23,24);1H. The van der Waals surface area contributed by atoms with Gasteiger partial charge in [-0.2, -0.15) is 0 Å². The molecule has 0 bridgehead atoms. The second kappa shape index (κ2) is 10.9. The Labute approximate surface area is 190 Å². The highest BCUT2D eigenvalue weighted by Gasteiger charge is 2.38. The van der Waals surface area contributed by atoms with Gasteiger partial charge < -0.3 is 10.6 Å². The molecule has 0 atom stereocenters. The molecule has 1 aliphatic carbocycles. The Kier molecular flexibility index (Phi) is 8.91. The van der Waals surface area contributed by atoms with Gasteiger partial charge in [0.1, 0.15) is 0 Å². The van der Waals surface area contributed by atoms with E-state index in [4.69, 9.17) is 0 Å². The summed E-state index contributed by atoms with van der Waals surface area (Å²) in [6, 6.07) is 19.0. The van der Waals surface area contributed by atoms with Crippen molar-refractivity contribution < 1.29 is 8.42 Å². The molecule has 158 valence electrons. The number of rotatable bonds is 8. The van der Waals surface area contributed by atoms with Crippen LogP contribution in [0.4, 0.5) is 0 Å². The van der Waals surface area contributed by atoms with Gasteiger partial charge in [0, 0.05) is 32.1 Å². The van der Waals surface area contributed by atoms with Crippen LogP contribution in [0.3, 0.4) is 0 Å². The summed E-state index contributed by atoms with van der Waals surface area (Å²) < 4.78 is 27.0. The number of guanidine groups is 1. The summed E-state index contributed by atoms with van der Waals surface area (Å²) >= 11 is 0. The first-order valence-corrected chi connectivity index (χ1v) is 11.1. The number of aliphatic imine (C=N–C) groups is 1. The van der Waals surface area contributed by atoms with Crippen LogP contribution in [0.15, 0.2) is 70.6 Å². The largest absolute Gasteiger partial charge is 0.356 e. The second-order valence-corrected chi connectivity index (χ2v) is 8.83. The zero-order valence-corrected chi connectivity index (χ0v) is 19.7. The molecule has 29 heavy (non-hydrogen) atoms. The van der Waals surface area contributed by atoms with Gasteiger partial charge in [-0.25, -0.2) is 13.1 Å². The van der Waals surface area contributed by atoms with Gasteiger partial charge in [-0.15, -0.1) is 24.0 Å². The lowest BCUT2D eigenvalue weighted by Crippen LogP contribution is -2.49. The highest BCUT2D eigenvalue weighted by molar-refractivity contribution is 14.0. The van der Waals surface area contributed by atoms with Crippen molar-refractivity contribution in [2.75, 3.05) is 26.7 Å². The summed E-state index contributed by atoms with van der Waals surface area (Å²) in [6.45, 7) is 1.54. The fourth-order valence-corrected chi connectivity index (χ4v) is 4.54. The zero-order valence-electron chi connectivity index (χ0n) is 16.6. The van der Waals surface area contributed by atoms with Gasteiger partial charge in [0.2, 0.25) is 10.0 Å². The lowest BCUT2D eigenvalue weighted by atomic mass is 9.64. The number of halogens is 1. The molecule has 2 aromatic carbocycles.